The van der Waals surface area contributed by atoms with Gasteiger partial charge in [-0.05, 0) is 30.5 Å². The quantitative estimate of drug-likeness (QED) is 0.782. The summed E-state index contributed by atoms with van der Waals surface area (Å²) >= 11 is 0. The molecule has 0 bridgehead atoms. The van der Waals surface area contributed by atoms with Crippen molar-refractivity contribution in [1.82, 2.24) is 9.78 Å². The summed E-state index contributed by atoms with van der Waals surface area (Å²) in [5.41, 5.74) is 7.02. The molecule has 0 aliphatic heterocycles. The Morgan fingerprint density at radius 2 is 2.05 bits per heavy atom. The monoisotopic (exact) mass is 255 g/mol. The van der Waals surface area contributed by atoms with E-state index in [0.29, 0.717) is 6.54 Å². The number of nitrogens with zero attached hydrogens (tertiary/aromatic N) is 2. The van der Waals surface area contributed by atoms with Gasteiger partial charge in [0.15, 0.2) is 0 Å². The Bertz CT molecular complexity index is 731. The Labute approximate surface area is 111 Å². The van der Waals surface area contributed by atoms with Crippen molar-refractivity contribution in [2.45, 2.75) is 19.5 Å². The number of hydrogen-bond donors (Lipinski definition) is 1. The molecule has 0 aliphatic carbocycles. The lowest BCUT2D eigenvalue weighted by atomic mass is 10.1. The molecule has 0 aliphatic rings. The molecule has 98 valence electrons. The van der Waals surface area contributed by atoms with Gasteiger partial charge in [0.05, 0.1) is 25.4 Å². The molecule has 3 rings (SSSR count). The van der Waals surface area contributed by atoms with Crippen molar-refractivity contribution in [1.29, 1.82) is 0 Å². The molecule has 19 heavy (non-hydrogen) atoms. The van der Waals surface area contributed by atoms with Gasteiger partial charge < -0.3 is 10.5 Å². The summed E-state index contributed by atoms with van der Waals surface area (Å²) in [6, 6.07) is 10.4. The first-order valence-corrected chi connectivity index (χ1v) is 6.37. The van der Waals surface area contributed by atoms with Crippen LogP contribution in [0.25, 0.3) is 21.7 Å². The van der Waals surface area contributed by atoms with Crippen LogP contribution in [0.3, 0.4) is 0 Å². The van der Waals surface area contributed by atoms with Crippen LogP contribution in [0.1, 0.15) is 6.92 Å². The fraction of sp³-hybridized carbons (Fsp3) is 0.267. The van der Waals surface area contributed by atoms with Gasteiger partial charge in [0.1, 0.15) is 5.75 Å². The van der Waals surface area contributed by atoms with Gasteiger partial charge in [0, 0.05) is 16.8 Å². The lowest BCUT2D eigenvalue weighted by molar-refractivity contribution is 0.415. The SMILES string of the molecule is COc1ccc2c(ccc3cnn(C[C@@H](C)N)c32)c1. The molecule has 4 nitrogen and oxygen atoms in total. The molecule has 0 unspecified atom stereocenters. The maximum atomic E-state index is 5.88. The fourth-order valence-electron chi connectivity index (χ4n) is 2.43. The average Bonchev–Trinajstić information content (AvgIpc) is 2.80. The number of methoxy groups -OCH3 is 1. The zero-order valence-electron chi connectivity index (χ0n) is 11.1. The van der Waals surface area contributed by atoms with Gasteiger partial charge in [-0.2, -0.15) is 5.10 Å². The van der Waals surface area contributed by atoms with Crippen LogP contribution < -0.4 is 10.5 Å². The molecule has 0 saturated heterocycles. The molecule has 2 aromatic carbocycles. The lowest BCUT2D eigenvalue weighted by Crippen LogP contribution is -2.22. The van der Waals surface area contributed by atoms with E-state index >= 15 is 0 Å². The van der Waals surface area contributed by atoms with E-state index in [1.807, 2.05) is 29.9 Å². The first-order valence-electron chi connectivity index (χ1n) is 6.37. The van der Waals surface area contributed by atoms with E-state index in [1.165, 1.54) is 5.39 Å². The minimum Gasteiger partial charge on any atom is -0.497 e. The normalized spacial score (nSPS) is 13.0. The zero-order chi connectivity index (χ0) is 13.4. The molecule has 0 saturated carbocycles. The van der Waals surface area contributed by atoms with Gasteiger partial charge in [-0.25, -0.2) is 0 Å². The van der Waals surface area contributed by atoms with Crippen molar-refractivity contribution in [2.75, 3.05) is 7.11 Å². The molecule has 1 atom stereocenters. The Morgan fingerprint density at radius 3 is 2.79 bits per heavy atom. The van der Waals surface area contributed by atoms with Crippen molar-refractivity contribution >= 4 is 21.7 Å². The number of aromatic nitrogens is 2. The highest BCUT2D eigenvalue weighted by Gasteiger charge is 2.09. The highest BCUT2D eigenvalue weighted by Crippen LogP contribution is 2.28. The molecular formula is C15H17N3O. The van der Waals surface area contributed by atoms with Crippen molar-refractivity contribution in [2.24, 2.45) is 5.73 Å². The highest BCUT2D eigenvalue weighted by atomic mass is 16.5. The maximum Gasteiger partial charge on any atom is 0.119 e. The smallest absolute Gasteiger partial charge is 0.119 e. The van der Waals surface area contributed by atoms with Gasteiger partial charge >= 0.3 is 0 Å². The van der Waals surface area contributed by atoms with Crippen LogP contribution >= 0.6 is 0 Å². The molecule has 0 amide bonds. The number of ether oxygens (including phenoxy) is 1. The third-order valence-corrected chi connectivity index (χ3v) is 3.28. The molecule has 1 aromatic heterocycles. The van der Waals surface area contributed by atoms with Crippen LogP contribution in [0, 0.1) is 0 Å². The lowest BCUT2D eigenvalue weighted by Gasteiger charge is -2.09. The van der Waals surface area contributed by atoms with Crippen LogP contribution in [0.5, 0.6) is 5.75 Å². The summed E-state index contributed by atoms with van der Waals surface area (Å²) in [6.45, 7) is 2.70. The molecule has 0 spiro atoms. The second kappa shape index (κ2) is 4.55. The summed E-state index contributed by atoms with van der Waals surface area (Å²) in [6.07, 6.45) is 1.89. The van der Waals surface area contributed by atoms with Crippen molar-refractivity contribution < 1.29 is 4.74 Å². The summed E-state index contributed by atoms with van der Waals surface area (Å²) in [4.78, 5) is 0. The van der Waals surface area contributed by atoms with Crippen LogP contribution in [0.2, 0.25) is 0 Å². The molecule has 0 fully saturated rings. The van der Waals surface area contributed by atoms with E-state index in [1.54, 1.807) is 7.11 Å². The Kier molecular flexibility index (Phi) is 2.87. The largest absolute Gasteiger partial charge is 0.497 e. The summed E-state index contributed by atoms with van der Waals surface area (Å²) in [5, 5.41) is 7.90. The van der Waals surface area contributed by atoms with E-state index in [0.717, 1.165) is 22.0 Å². The van der Waals surface area contributed by atoms with Crippen LogP contribution in [-0.4, -0.2) is 22.9 Å². The number of rotatable bonds is 3. The Hall–Kier alpha value is -2.07. The predicted octanol–water partition coefficient (Wildman–Crippen LogP) is 2.55. The highest BCUT2D eigenvalue weighted by molar-refractivity contribution is 6.05. The van der Waals surface area contributed by atoms with Crippen molar-refractivity contribution in [3.05, 3.63) is 36.5 Å². The number of nitrogens with two attached hydrogens (primary N) is 1. The third kappa shape index (κ3) is 2.04. The standard InChI is InChI=1S/C15H17N3O/c1-10(16)9-18-15-12(8-17-18)4-3-11-7-13(19-2)5-6-14(11)15/h3-8,10H,9,16H2,1-2H3/t10-/m1/s1. The Morgan fingerprint density at radius 1 is 1.26 bits per heavy atom. The minimum atomic E-state index is 0.0802. The minimum absolute atomic E-state index is 0.0802. The predicted molar refractivity (Wildman–Crippen MR) is 77.4 cm³/mol. The number of hydrogen-bond acceptors (Lipinski definition) is 3. The average molecular weight is 255 g/mol. The second-order valence-corrected chi connectivity index (χ2v) is 4.89. The van der Waals surface area contributed by atoms with Gasteiger partial charge in [-0.1, -0.05) is 12.1 Å². The van der Waals surface area contributed by atoms with Gasteiger partial charge in [-0.3, -0.25) is 4.68 Å². The van der Waals surface area contributed by atoms with Crippen molar-refractivity contribution in [3.8, 4) is 5.75 Å². The topological polar surface area (TPSA) is 53.1 Å². The first kappa shape index (κ1) is 12.0. The van der Waals surface area contributed by atoms with Crippen LogP contribution in [0.4, 0.5) is 0 Å². The number of benzene rings is 2. The summed E-state index contributed by atoms with van der Waals surface area (Å²) < 4.78 is 7.25. The fourth-order valence-corrected chi connectivity index (χ4v) is 2.43. The Balaban J connectivity index is 2.28. The van der Waals surface area contributed by atoms with E-state index in [9.17, 15) is 0 Å². The first-order chi connectivity index (χ1) is 9.19. The zero-order valence-corrected chi connectivity index (χ0v) is 11.1. The second-order valence-electron chi connectivity index (χ2n) is 4.89. The van der Waals surface area contributed by atoms with Crippen LogP contribution in [-0.2, 0) is 6.54 Å². The van der Waals surface area contributed by atoms with Gasteiger partial charge in [0.25, 0.3) is 0 Å². The summed E-state index contributed by atoms with van der Waals surface area (Å²) in [5.74, 6) is 0.866. The number of fused-ring (bicyclic) bond motifs is 3. The molecular weight excluding hydrogens is 238 g/mol. The molecule has 0 radical (unpaired) electrons. The van der Waals surface area contributed by atoms with Gasteiger partial charge in [-0.15, -0.1) is 0 Å². The van der Waals surface area contributed by atoms with Crippen molar-refractivity contribution in [3.63, 3.8) is 0 Å². The van der Waals surface area contributed by atoms with Gasteiger partial charge in [0.2, 0.25) is 0 Å². The third-order valence-electron chi connectivity index (χ3n) is 3.28. The molecule has 4 heteroatoms. The molecule has 2 N–H and O–H groups in total. The van der Waals surface area contributed by atoms with E-state index in [2.05, 4.69) is 23.3 Å². The molecule has 1 heterocycles. The summed E-state index contributed by atoms with van der Waals surface area (Å²) in [7, 11) is 1.68. The van der Waals surface area contributed by atoms with E-state index in [-0.39, 0.29) is 6.04 Å². The maximum absolute atomic E-state index is 5.88. The van der Waals surface area contributed by atoms with E-state index in [4.69, 9.17) is 10.5 Å². The molecule has 3 aromatic rings. The van der Waals surface area contributed by atoms with E-state index < -0.39 is 0 Å². The van der Waals surface area contributed by atoms with Crippen LogP contribution in [0.15, 0.2) is 36.5 Å².